The molecule has 4 aromatic heterocycles. The number of hydrogen-bond acceptors (Lipinski definition) is 4. The third kappa shape index (κ3) is 4.56. The number of fused-ring (bicyclic) bond motifs is 2. The fourth-order valence-electron chi connectivity index (χ4n) is 4.18. The number of aromatic nitrogens is 5. The second-order valence-electron chi connectivity index (χ2n) is 8.61. The molecule has 0 fully saturated rings. The van der Waals surface area contributed by atoms with Crippen molar-refractivity contribution in [3.05, 3.63) is 84.6 Å². The molecule has 0 amide bonds. The number of nitrogens with zero attached hydrogens (tertiary/aromatic N) is 3. The van der Waals surface area contributed by atoms with E-state index in [-0.39, 0.29) is 41.9 Å². The number of halogens is 2. The van der Waals surface area contributed by atoms with Gasteiger partial charge in [-0.2, -0.15) is 0 Å². The van der Waals surface area contributed by atoms with E-state index >= 15 is 0 Å². The molecule has 2 aliphatic rings. The fraction of sp³-hybridized carbons (Fsp3) is 0.111. The quantitative estimate of drug-likeness (QED) is 0.275. The fourth-order valence-corrected chi connectivity index (χ4v) is 7.97. The van der Waals surface area contributed by atoms with Gasteiger partial charge in [-0.3, -0.25) is 0 Å². The van der Waals surface area contributed by atoms with Gasteiger partial charge in [0.25, 0.3) is 0 Å². The van der Waals surface area contributed by atoms with Crippen molar-refractivity contribution in [3.63, 3.8) is 0 Å². The van der Waals surface area contributed by atoms with Crippen molar-refractivity contribution < 1.29 is 21.2 Å². The van der Waals surface area contributed by atoms with E-state index in [0.717, 1.165) is 44.0 Å². The predicted molar refractivity (Wildman–Crippen MR) is 148 cm³/mol. The first kappa shape index (κ1) is 22.6. The molecular weight excluding hydrogens is 662 g/mol. The monoisotopic (exact) mass is 685 g/mol. The normalized spacial score (nSPS) is 15.5. The van der Waals surface area contributed by atoms with Crippen LogP contribution in [-0.2, 0) is 0 Å². The summed E-state index contributed by atoms with van der Waals surface area (Å²) in [4.78, 5) is 12.3. The van der Waals surface area contributed by atoms with Gasteiger partial charge in [0.1, 0.15) is 0 Å². The van der Waals surface area contributed by atoms with Crippen LogP contribution in [0.1, 0.15) is 13.8 Å². The first-order valence-electron chi connectivity index (χ1n) is 11.3. The van der Waals surface area contributed by atoms with Crippen LogP contribution in [0.25, 0.3) is 43.6 Å². The zero-order chi connectivity index (χ0) is 23.8. The van der Waals surface area contributed by atoms with Gasteiger partial charge in [0, 0.05) is 0 Å². The van der Waals surface area contributed by atoms with Crippen LogP contribution < -0.4 is 37.1 Å². The van der Waals surface area contributed by atoms with Crippen LogP contribution in [-0.4, -0.2) is 35.2 Å². The number of hydrogen-bond donors (Lipinski definition) is 3. The van der Waals surface area contributed by atoms with Crippen LogP contribution in [0.3, 0.4) is 0 Å². The summed E-state index contributed by atoms with van der Waals surface area (Å²) in [6.45, 7) is 4.37. The first-order valence-corrected chi connectivity index (χ1v) is 16.2. The minimum atomic E-state index is -0.219. The molecule has 6 heterocycles. The Bertz CT molecular complexity index is 1670. The molecule has 0 saturated heterocycles. The maximum atomic E-state index is 4.73. The van der Waals surface area contributed by atoms with Crippen LogP contribution in [0, 0.1) is 0 Å². The Morgan fingerprint density at radius 3 is 2.86 bits per heavy atom. The summed E-state index contributed by atoms with van der Waals surface area (Å²) >= 11 is -0.320. The van der Waals surface area contributed by atoms with E-state index in [1.54, 1.807) is 6.20 Å². The van der Waals surface area contributed by atoms with Crippen LogP contribution in [0.4, 0.5) is 0 Å². The molecule has 0 bridgehead atoms. The molecule has 6 nitrogen and oxygen atoms in total. The molecule has 3 N–H and O–H groups in total. The molecule has 0 aromatic carbocycles. The Kier molecular flexibility index (Phi) is 6.23. The van der Waals surface area contributed by atoms with Crippen LogP contribution in [0.5, 0.6) is 0 Å². The molecule has 8 heteroatoms. The topological polar surface area (TPSA) is 82.3 Å². The summed E-state index contributed by atoms with van der Waals surface area (Å²) in [5.41, 5.74) is 8.86. The summed E-state index contributed by atoms with van der Waals surface area (Å²) in [5, 5.41) is 14.9. The van der Waals surface area contributed by atoms with Gasteiger partial charge >= 0.3 is 225 Å². The molecule has 35 heavy (non-hydrogen) atoms. The third-order valence-electron chi connectivity index (χ3n) is 5.72. The van der Waals surface area contributed by atoms with Gasteiger partial charge < -0.3 is 0 Å². The molecule has 2 aliphatic heterocycles. The molecule has 0 aliphatic carbocycles. The SMILES string of the molecule is CC(C)NC1=CC(C2=C[I-]C=c3[nH]nc(-c4cc5c(-c6cccnc6)cncc5[nH]4)c3=C2)=CI=C1. The number of pyridine rings is 2. The number of H-pyrrole nitrogens is 2. The van der Waals surface area contributed by atoms with Crippen molar-refractivity contribution in [3.8, 4) is 22.5 Å². The van der Waals surface area contributed by atoms with Gasteiger partial charge in [-0.25, -0.2) is 0 Å². The van der Waals surface area contributed by atoms with Crippen molar-refractivity contribution >= 4 is 45.8 Å². The van der Waals surface area contributed by atoms with E-state index in [1.807, 2.05) is 24.7 Å². The van der Waals surface area contributed by atoms with Gasteiger partial charge in [0.05, 0.1) is 0 Å². The first-order chi connectivity index (χ1) is 17.2. The zero-order valence-electron chi connectivity index (χ0n) is 19.2. The zero-order valence-corrected chi connectivity index (χ0v) is 23.5. The molecule has 0 spiro atoms. The Labute approximate surface area is 223 Å². The van der Waals surface area contributed by atoms with Crippen molar-refractivity contribution in [1.82, 2.24) is 30.5 Å². The second-order valence-corrected chi connectivity index (χ2v) is 12.5. The molecule has 0 unspecified atom stereocenters. The van der Waals surface area contributed by atoms with Gasteiger partial charge in [0.15, 0.2) is 0 Å². The van der Waals surface area contributed by atoms with Crippen LogP contribution >= 0.6 is 20.7 Å². The standard InChI is InChI=1S/C27H23I2N6/c1-16(2)32-20-6-18(9-28-11-20)19-7-22-25(12-29-10-19)34-35-27(22)24-8-21-23(14-31-15-26(21)33-24)17-4-3-5-30-13-17/h3-16,32-34H,1-2H3/q-1. The molecule has 0 radical (unpaired) electrons. The Morgan fingerprint density at radius 1 is 1.06 bits per heavy atom. The van der Waals surface area contributed by atoms with Crippen LogP contribution in [0.15, 0.2) is 74.1 Å². The van der Waals surface area contributed by atoms with Crippen LogP contribution in [0.2, 0.25) is 0 Å². The van der Waals surface area contributed by atoms with Crippen molar-refractivity contribution in [2.24, 2.45) is 0 Å². The summed E-state index contributed by atoms with van der Waals surface area (Å²) in [7, 11) is 0. The van der Waals surface area contributed by atoms with E-state index in [1.165, 1.54) is 16.8 Å². The van der Waals surface area contributed by atoms with Crippen molar-refractivity contribution in [2.75, 3.05) is 0 Å². The minimum absolute atomic E-state index is 0.101. The van der Waals surface area contributed by atoms with Gasteiger partial charge in [0.2, 0.25) is 0 Å². The van der Waals surface area contributed by atoms with Crippen molar-refractivity contribution in [2.45, 2.75) is 19.9 Å². The van der Waals surface area contributed by atoms with Gasteiger partial charge in [-0.1, -0.05) is 0 Å². The number of rotatable bonds is 5. The molecule has 0 saturated carbocycles. The Morgan fingerprint density at radius 2 is 2.00 bits per heavy atom. The summed E-state index contributed by atoms with van der Waals surface area (Å²) in [6.07, 6.45) is 12.0. The van der Waals surface area contributed by atoms with E-state index in [9.17, 15) is 0 Å². The Hall–Kier alpha value is -2.86. The number of aromatic amines is 2. The van der Waals surface area contributed by atoms with E-state index < -0.39 is 0 Å². The van der Waals surface area contributed by atoms with E-state index in [0.29, 0.717) is 6.04 Å². The number of allylic oxidation sites excluding steroid dienone is 4. The second kappa shape index (κ2) is 9.65. The molecule has 6 rings (SSSR count). The van der Waals surface area contributed by atoms with E-state index in [4.69, 9.17) is 5.10 Å². The molecular formula is C27H23I2N6-. The van der Waals surface area contributed by atoms with Crippen molar-refractivity contribution in [1.29, 1.82) is 0 Å². The molecule has 176 valence electrons. The Balaban J connectivity index is 1.44. The maximum absolute atomic E-state index is 4.73. The molecule has 0 atom stereocenters. The average Bonchev–Trinajstić information content (AvgIpc) is 3.41. The third-order valence-corrected chi connectivity index (χ3v) is 9.79. The summed E-state index contributed by atoms with van der Waals surface area (Å²) < 4.78 is 9.50. The van der Waals surface area contributed by atoms with Gasteiger partial charge in [-0.05, 0) is 0 Å². The number of nitrogens with one attached hydrogen (secondary N) is 3. The average molecular weight is 685 g/mol. The summed E-state index contributed by atoms with van der Waals surface area (Å²) in [6, 6.07) is 6.62. The van der Waals surface area contributed by atoms with E-state index in [2.05, 4.69) is 79.8 Å². The van der Waals surface area contributed by atoms with Gasteiger partial charge in [-0.15, -0.1) is 0 Å². The molecule has 4 aromatic rings. The summed E-state index contributed by atoms with van der Waals surface area (Å²) in [5.74, 6) is 0. The predicted octanol–water partition coefficient (Wildman–Crippen LogP) is 1.07.